The maximum atomic E-state index is 4.31. The summed E-state index contributed by atoms with van der Waals surface area (Å²) < 4.78 is 0. The fraction of sp³-hybridized carbons (Fsp3) is 0.800. The van der Waals surface area contributed by atoms with E-state index in [4.69, 9.17) is 0 Å². The molecule has 0 spiro atoms. The van der Waals surface area contributed by atoms with Crippen LogP contribution in [0.2, 0.25) is 0 Å². The summed E-state index contributed by atoms with van der Waals surface area (Å²) in [5.41, 5.74) is 0. The molecule has 0 amide bonds. The minimum Gasteiger partial charge on any atom is -0.281 e. The molecular formula is C5H10ClNS2. The van der Waals surface area contributed by atoms with Crippen molar-refractivity contribution in [3.05, 3.63) is 0 Å². The van der Waals surface area contributed by atoms with Gasteiger partial charge in [-0.05, 0) is 6.26 Å². The Labute approximate surface area is 70.5 Å². The minimum absolute atomic E-state index is 0. The van der Waals surface area contributed by atoms with Gasteiger partial charge in [-0.2, -0.15) is 11.8 Å². The monoisotopic (exact) mass is 183 g/mol. The predicted octanol–water partition coefficient (Wildman–Crippen LogP) is 1.92. The Balaban J connectivity index is 0.000000640. The summed E-state index contributed by atoms with van der Waals surface area (Å²) in [5, 5.41) is 1.31. The van der Waals surface area contributed by atoms with E-state index in [2.05, 4.69) is 11.2 Å². The van der Waals surface area contributed by atoms with Crippen LogP contribution in [0.1, 0.15) is 0 Å². The van der Waals surface area contributed by atoms with Gasteiger partial charge in [-0.1, -0.05) is 0 Å². The molecule has 1 nitrogen and oxygen atoms in total. The van der Waals surface area contributed by atoms with Gasteiger partial charge in [0.25, 0.3) is 0 Å². The third-order valence-electron chi connectivity index (χ3n) is 0.985. The van der Waals surface area contributed by atoms with Crippen LogP contribution in [0.5, 0.6) is 0 Å². The molecule has 54 valence electrons. The van der Waals surface area contributed by atoms with E-state index in [1.54, 1.807) is 11.8 Å². The largest absolute Gasteiger partial charge is 0.281 e. The topological polar surface area (TPSA) is 12.4 Å². The first-order chi connectivity index (χ1) is 3.93. The van der Waals surface area contributed by atoms with Crippen LogP contribution < -0.4 is 0 Å². The normalized spacial score (nSPS) is 18.1. The van der Waals surface area contributed by atoms with Crippen molar-refractivity contribution in [1.29, 1.82) is 0 Å². The first-order valence-electron chi connectivity index (χ1n) is 2.58. The summed E-state index contributed by atoms with van der Waals surface area (Å²) in [6.45, 7) is 1.03. The summed E-state index contributed by atoms with van der Waals surface area (Å²) in [6.07, 6.45) is 2.09. The molecule has 1 aliphatic rings. The lowest BCUT2D eigenvalue weighted by molar-refractivity contribution is 1.14. The first-order valence-corrected chi connectivity index (χ1v) is 4.96. The second kappa shape index (κ2) is 5.45. The molecular weight excluding hydrogens is 174 g/mol. The fourth-order valence-corrected chi connectivity index (χ4v) is 2.14. The van der Waals surface area contributed by atoms with Crippen molar-refractivity contribution in [2.45, 2.75) is 0 Å². The summed E-state index contributed by atoms with van der Waals surface area (Å²) in [7, 11) is 0. The van der Waals surface area contributed by atoms with Crippen molar-refractivity contribution >= 4 is 41.0 Å². The van der Waals surface area contributed by atoms with Crippen LogP contribution in [0, 0.1) is 0 Å². The van der Waals surface area contributed by atoms with E-state index in [9.17, 15) is 0 Å². The molecule has 0 fully saturated rings. The van der Waals surface area contributed by atoms with Gasteiger partial charge in [0.15, 0.2) is 0 Å². The molecule has 9 heavy (non-hydrogen) atoms. The molecule has 1 aliphatic heterocycles. The van der Waals surface area contributed by atoms with E-state index in [0.717, 1.165) is 12.3 Å². The molecule has 0 aromatic carbocycles. The Bertz CT molecular complexity index is 105. The van der Waals surface area contributed by atoms with Gasteiger partial charge in [0.05, 0.1) is 5.04 Å². The van der Waals surface area contributed by atoms with Crippen LogP contribution in [0.25, 0.3) is 0 Å². The van der Waals surface area contributed by atoms with Gasteiger partial charge in [-0.3, -0.25) is 4.99 Å². The number of rotatable bonds is 0. The quantitative estimate of drug-likeness (QED) is 0.569. The van der Waals surface area contributed by atoms with E-state index < -0.39 is 0 Å². The van der Waals surface area contributed by atoms with Gasteiger partial charge in [0.1, 0.15) is 0 Å². The molecule has 0 atom stereocenters. The molecule has 0 N–H and O–H groups in total. The second-order valence-electron chi connectivity index (χ2n) is 1.53. The number of halogens is 1. The van der Waals surface area contributed by atoms with Gasteiger partial charge >= 0.3 is 0 Å². The maximum Gasteiger partial charge on any atom is 0.0772 e. The van der Waals surface area contributed by atoms with Crippen LogP contribution in [-0.4, -0.2) is 29.3 Å². The molecule has 1 heterocycles. The average molecular weight is 184 g/mol. The van der Waals surface area contributed by atoms with Gasteiger partial charge in [0, 0.05) is 18.1 Å². The van der Waals surface area contributed by atoms with Crippen LogP contribution in [0.15, 0.2) is 4.99 Å². The Kier molecular flexibility index (Phi) is 5.84. The fourth-order valence-electron chi connectivity index (χ4n) is 0.563. The Morgan fingerprint density at radius 3 is 2.78 bits per heavy atom. The van der Waals surface area contributed by atoms with Crippen molar-refractivity contribution in [3.8, 4) is 0 Å². The standard InChI is InChI=1S/C5H9NS2.ClH/c1-7-5-4-8-3-2-6-5;/h2-4H2,1H3;1H. The van der Waals surface area contributed by atoms with Crippen LogP contribution >= 0.6 is 35.9 Å². The molecule has 0 saturated heterocycles. The molecule has 0 aromatic rings. The molecule has 4 heteroatoms. The molecule has 0 saturated carbocycles. The van der Waals surface area contributed by atoms with Crippen LogP contribution in [0.3, 0.4) is 0 Å². The smallest absolute Gasteiger partial charge is 0.0772 e. The summed E-state index contributed by atoms with van der Waals surface area (Å²) >= 11 is 3.75. The lowest BCUT2D eigenvalue weighted by Crippen LogP contribution is -2.05. The van der Waals surface area contributed by atoms with Crippen LogP contribution in [-0.2, 0) is 0 Å². The van der Waals surface area contributed by atoms with Gasteiger partial charge < -0.3 is 0 Å². The Morgan fingerprint density at radius 1 is 1.67 bits per heavy atom. The van der Waals surface area contributed by atoms with E-state index in [-0.39, 0.29) is 12.4 Å². The number of hydrogen-bond donors (Lipinski definition) is 0. The highest BCUT2D eigenvalue weighted by atomic mass is 35.5. The zero-order valence-electron chi connectivity index (χ0n) is 5.29. The second-order valence-corrected chi connectivity index (χ2v) is 3.52. The van der Waals surface area contributed by atoms with Crippen molar-refractivity contribution in [3.63, 3.8) is 0 Å². The molecule has 0 radical (unpaired) electrons. The van der Waals surface area contributed by atoms with Crippen molar-refractivity contribution < 1.29 is 0 Å². The molecule has 0 aliphatic carbocycles. The first kappa shape index (κ1) is 9.66. The average Bonchev–Trinajstić information content (AvgIpc) is 1.90. The van der Waals surface area contributed by atoms with E-state index in [1.165, 1.54) is 10.8 Å². The summed E-state index contributed by atoms with van der Waals surface area (Å²) in [5.74, 6) is 2.35. The lowest BCUT2D eigenvalue weighted by atomic mass is 10.7. The van der Waals surface area contributed by atoms with Crippen LogP contribution in [0.4, 0.5) is 0 Å². The maximum absolute atomic E-state index is 4.31. The number of hydrogen-bond acceptors (Lipinski definition) is 3. The Hall–Kier alpha value is 0.660. The van der Waals surface area contributed by atoms with E-state index in [1.807, 2.05) is 11.8 Å². The highest BCUT2D eigenvalue weighted by molar-refractivity contribution is 8.15. The third kappa shape index (κ3) is 3.38. The number of nitrogens with zero attached hydrogens (tertiary/aromatic N) is 1. The SMILES string of the molecule is CSC1=NCCSC1.Cl. The van der Waals surface area contributed by atoms with E-state index >= 15 is 0 Å². The van der Waals surface area contributed by atoms with Crippen molar-refractivity contribution in [1.82, 2.24) is 0 Å². The highest BCUT2D eigenvalue weighted by Gasteiger charge is 2.01. The zero-order chi connectivity index (χ0) is 5.82. The predicted molar refractivity (Wildman–Crippen MR) is 50.4 cm³/mol. The minimum atomic E-state index is 0. The number of aliphatic imine (C=N–C) groups is 1. The number of thioether (sulfide) groups is 2. The molecule has 1 rings (SSSR count). The van der Waals surface area contributed by atoms with Gasteiger partial charge in [-0.15, -0.1) is 24.2 Å². The zero-order valence-corrected chi connectivity index (χ0v) is 7.74. The molecule has 0 aromatic heterocycles. The van der Waals surface area contributed by atoms with Crippen molar-refractivity contribution in [2.75, 3.05) is 24.3 Å². The van der Waals surface area contributed by atoms with Gasteiger partial charge in [0.2, 0.25) is 0 Å². The Morgan fingerprint density at radius 2 is 2.44 bits per heavy atom. The summed E-state index contributed by atoms with van der Waals surface area (Å²) in [6, 6.07) is 0. The van der Waals surface area contributed by atoms with Crippen molar-refractivity contribution in [2.24, 2.45) is 4.99 Å². The molecule has 0 unspecified atom stereocenters. The lowest BCUT2D eigenvalue weighted by Gasteiger charge is -2.07. The van der Waals surface area contributed by atoms with E-state index in [0.29, 0.717) is 0 Å². The van der Waals surface area contributed by atoms with Gasteiger partial charge in [-0.25, -0.2) is 0 Å². The highest BCUT2D eigenvalue weighted by Crippen LogP contribution is 2.12. The third-order valence-corrected chi connectivity index (χ3v) is 2.86. The summed E-state index contributed by atoms with van der Waals surface area (Å²) in [4.78, 5) is 4.31. The molecule has 0 bridgehead atoms.